The fourth-order valence-electron chi connectivity index (χ4n) is 1.43. The summed E-state index contributed by atoms with van der Waals surface area (Å²) < 4.78 is 0. The van der Waals surface area contributed by atoms with Gasteiger partial charge in [0.2, 0.25) is 0 Å². The third-order valence-electron chi connectivity index (χ3n) is 3.47. The van der Waals surface area contributed by atoms with Gasteiger partial charge in [0.05, 0.1) is 0 Å². The Balaban J connectivity index is 1.87. The van der Waals surface area contributed by atoms with Crippen LogP contribution in [0.25, 0.3) is 0 Å². The first-order valence-corrected chi connectivity index (χ1v) is 6.44. The van der Waals surface area contributed by atoms with Crippen LogP contribution in [0.15, 0.2) is 0 Å². The molecule has 2 N–H and O–H groups in total. The lowest BCUT2D eigenvalue weighted by Crippen LogP contribution is -2.31. The topological polar surface area (TPSA) is 24.1 Å². The molecule has 0 aromatic heterocycles. The van der Waals surface area contributed by atoms with E-state index in [9.17, 15) is 0 Å². The van der Waals surface area contributed by atoms with E-state index in [1.54, 1.807) is 0 Å². The summed E-state index contributed by atoms with van der Waals surface area (Å²) in [6.45, 7) is 12.8. The van der Waals surface area contributed by atoms with Crippen molar-refractivity contribution in [2.24, 2.45) is 11.3 Å². The third-order valence-corrected chi connectivity index (χ3v) is 3.47. The van der Waals surface area contributed by atoms with Crippen LogP contribution in [0.5, 0.6) is 0 Å². The number of hydrogen-bond donors (Lipinski definition) is 2. The second-order valence-electron chi connectivity index (χ2n) is 6.05. The maximum Gasteiger partial charge on any atom is 0.00682 e. The molecule has 0 aliphatic heterocycles. The van der Waals surface area contributed by atoms with Crippen molar-refractivity contribution in [1.29, 1.82) is 0 Å². The van der Waals surface area contributed by atoms with Crippen molar-refractivity contribution in [3.8, 4) is 0 Å². The van der Waals surface area contributed by atoms with Crippen LogP contribution in [-0.4, -0.2) is 25.7 Å². The van der Waals surface area contributed by atoms with Crippen molar-refractivity contribution in [3.05, 3.63) is 0 Å². The van der Waals surface area contributed by atoms with Gasteiger partial charge in [0.25, 0.3) is 0 Å². The van der Waals surface area contributed by atoms with Crippen LogP contribution in [0.1, 0.15) is 47.0 Å². The molecule has 2 nitrogen and oxygen atoms in total. The molecule has 15 heavy (non-hydrogen) atoms. The van der Waals surface area contributed by atoms with Gasteiger partial charge in [0.15, 0.2) is 0 Å². The van der Waals surface area contributed by atoms with Gasteiger partial charge in [-0.15, -0.1) is 0 Å². The average molecular weight is 212 g/mol. The van der Waals surface area contributed by atoms with Gasteiger partial charge in [-0.25, -0.2) is 0 Å². The highest BCUT2D eigenvalue weighted by Gasteiger charge is 2.20. The Morgan fingerprint density at radius 1 is 1.20 bits per heavy atom. The zero-order chi connectivity index (χ0) is 11.3. The van der Waals surface area contributed by atoms with Crippen LogP contribution in [0, 0.1) is 11.3 Å². The van der Waals surface area contributed by atoms with Crippen molar-refractivity contribution in [1.82, 2.24) is 10.6 Å². The van der Waals surface area contributed by atoms with Gasteiger partial charge < -0.3 is 10.6 Å². The summed E-state index contributed by atoms with van der Waals surface area (Å²) in [7, 11) is 0. The van der Waals surface area contributed by atoms with Crippen LogP contribution >= 0.6 is 0 Å². The first-order chi connectivity index (χ1) is 7.00. The Morgan fingerprint density at radius 3 is 2.40 bits per heavy atom. The van der Waals surface area contributed by atoms with Gasteiger partial charge in [0.1, 0.15) is 0 Å². The Labute approximate surface area is 95.2 Å². The average Bonchev–Trinajstić information content (AvgIpc) is 2.92. The minimum atomic E-state index is 0.430. The zero-order valence-electron chi connectivity index (χ0n) is 10.9. The van der Waals surface area contributed by atoms with Crippen molar-refractivity contribution in [2.45, 2.75) is 53.0 Å². The Kier molecular flexibility index (Phi) is 5.07. The molecule has 0 amide bonds. The van der Waals surface area contributed by atoms with E-state index in [4.69, 9.17) is 0 Å². The molecule has 90 valence electrons. The molecule has 0 bridgehead atoms. The van der Waals surface area contributed by atoms with Crippen LogP contribution in [0.4, 0.5) is 0 Å². The minimum Gasteiger partial charge on any atom is -0.316 e. The summed E-state index contributed by atoms with van der Waals surface area (Å²) in [4.78, 5) is 0. The summed E-state index contributed by atoms with van der Waals surface area (Å²) in [6.07, 6.45) is 4.05. The quantitative estimate of drug-likeness (QED) is 0.633. The summed E-state index contributed by atoms with van der Waals surface area (Å²) in [6, 6.07) is 0.860. The molecule has 1 fully saturated rings. The van der Waals surface area contributed by atoms with Crippen molar-refractivity contribution < 1.29 is 0 Å². The molecule has 0 aromatic rings. The maximum absolute atomic E-state index is 3.55. The SMILES string of the molecule is CC(CNCCCNC1CC1)C(C)(C)C. The predicted molar refractivity (Wildman–Crippen MR) is 67.1 cm³/mol. The predicted octanol–water partition coefficient (Wildman–Crippen LogP) is 2.40. The van der Waals surface area contributed by atoms with Crippen LogP contribution in [-0.2, 0) is 0 Å². The van der Waals surface area contributed by atoms with Gasteiger partial charge in [-0.1, -0.05) is 27.7 Å². The van der Waals surface area contributed by atoms with Gasteiger partial charge >= 0.3 is 0 Å². The van der Waals surface area contributed by atoms with Crippen molar-refractivity contribution in [3.63, 3.8) is 0 Å². The zero-order valence-corrected chi connectivity index (χ0v) is 10.9. The van der Waals surface area contributed by atoms with Crippen LogP contribution < -0.4 is 10.6 Å². The number of hydrogen-bond acceptors (Lipinski definition) is 2. The van der Waals surface area contributed by atoms with E-state index in [1.807, 2.05) is 0 Å². The maximum atomic E-state index is 3.55. The van der Waals surface area contributed by atoms with Gasteiger partial charge in [-0.2, -0.15) is 0 Å². The van der Waals surface area contributed by atoms with Gasteiger partial charge in [-0.3, -0.25) is 0 Å². The van der Waals surface area contributed by atoms with E-state index in [1.165, 1.54) is 25.8 Å². The highest BCUT2D eigenvalue weighted by molar-refractivity contribution is 4.80. The molecule has 0 saturated heterocycles. The third kappa shape index (κ3) is 6.16. The second-order valence-corrected chi connectivity index (χ2v) is 6.05. The molecule has 1 atom stereocenters. The fourth-order valence-corrected chi connectivity index (χ4v) is 1.43. The smallest absolute Gasteiger partial charge is 0.00682 e. The first-order valence-electron chi connectivity index (χ1n) is 6.44. The Morgan fingerprint density at radius 2 is 1.87 bits per heavy atom. The van der Waals surface area contributed by atoms with E-state index in [0.717, 1.165) is 25.0 Å². The van der Waals surface area contributed by atoms with E-state index in [0.29, 0.717) is 5.41 Å². The van der Waals surface area contributed by atoms with E-state index in [-0.39, 0.29) is 0 Å². The molecule has 1 rings (SSSR count). The lowest BCUT2D eigenvalue weighted by molar-refractivity contribution is 0.253. The largest absolute Gasteiger partial charge is 0.316 e. The summed E-state index contributed by atoms with van der Waals surface area (Å²) in [5, 5.41) is 7.08. The van der Waals surface area contributed by atoms with E-state index >= 15 is 0 Å². The van der Waals surface area contributed by atoms with Gasteiger partial charge in [0, 0.05) is 6.04 Å². The van der Waals surface area contributed by atoms with E-state index in [2.05, 4.69) is 38.3 Å². The molecule has 1 aliphatic carbocycles. The molecular formula is C13H28N2. The second kappa shape index (κ2) is 5.86. The van der Waals surface area contributed by atoms with Crippen molar-refractivity contribution in [2.75, 3.05) is 19.6 Å². The van der Waals surface area contributed by atoms with Crippen LogP contribution in [0.2, 0.25) is 0 Å². The highest BCUT2D eigenvalue weighted by atomic mass is 14.9. The first kappa shape index (κ1) is 13.0. The highest BCUT2D eigenvalue weighted by Crippen LogP contribution is 2.24. The molecule has 0 aromatic carbocycles. The molecule has 1 saturated carbocycles. The molecule has 0 radical (unpaired) electrons. The summed E-state index contributed by atoms with van der Waals surface area (Å²) in [5.74, 6) is 0.744. The molecule has 1 unspecified atom stereocenters. The van der Waals surface area contributed by atoms with Gasteiger partial charge in [-0.05, 0) is 50.2 Å². The summed E-state index contributed by atoms with van der Waals surface area (Å²) in [5.41, 5.74) is 0.430. The lowest BCUT2D eigenvalue weighted by Gasteiger charge is -2.27. The normalized spacial score (nSPS) is 19.2. The van der Waals surface area contributed by atoms with E-state index < -0.39 is 0 Å². The Hall–Kier alpha value is -0.0800. The number of nitrogens with one attached hydrogen (secondary N) is 2. The monoisotopic (exact) mass is 212 g/mol. The molecule has 2 heteroatoms. The lowest BCUT2D eigenvalue weighted by atomic mass is 9.82. The Bertz CT molecular complexity index is 168. The standard InChI is InChI=1S/C13H28N2/c1-11(13(2,3)4)10-14-8-5-9-15-12-6-7-12/h11-12,14-15H,5-10H2,1-4H3. The van der Waals surface area contributed by atoms with Crippen molar-refractivity contribution >= 4 is 0 Å². The molecule has 0 spiro atoms. The number of rotatable bonds is 7. The molecular weight excluding hydrogens is 184 g/mol. The molecule has 0 heterocycles. The summed E-state index contributed by atoms with van der Waals surface area (Å²) >= 11 is 0. The van der Waals surface area contributed by atoms with Crippen LogP contribution in [0.3, 0.4) is 0 Å². The minimum absolute atomic E-state index is 0.430. The fraction of sp³-hybridized carbons (Fsp3) is 1.00. The molecule has 1 aliphatic rings.